The molecular formula is C13H20N2O2. The molecule has 1 aromatic rings. The highest BCUT2D eigenvalue weighted by atomic mass is 16.3. The van der Waals surface area contributed by atoms with Gasteiger partial charge in [-0.15, -0.1) is 0 Å². The summed E-state index contributed by atoms with van der Waals surface area (Å²) in [6.45, 7) is 5.93. The number of rotatable bonds is 2. The van der Waals surface area contributed by atoms with Crippen LogP contribution in [0.1, 0.15) is 44.3 Å². The van der Waals surface area contributed by atoms with E-state index in [2.05, 4.69) is 0 Å². The van der Waals surface area contributed by atoms with Crippen molar-refractivity contribution >= 4 is 5.91 Å². The zero-order valence-corrected chi connectivity index (χ0v) is 10.6. The molecular weight excluding hydrogens is 216 g/mol. The third-order valence-corrected chi connectivity index (χ3v) is 3.29. The predicted octanol–water partition coefficient (Wildman–Crippen LogP) is 1.99. The van der Waals surface area contributed by atoms with Gasteiger partial charge >= 0.3 is 0 Å². The van der Waals surface area contributed by atoms with Gasteiger partial charge in [-0.05, 0) is 39.3 Å². The molecule has 0 bridgehead atoms. The van der Waals surface area contributed by atoms with Gasteiger partial charge in [0.05, 0.1) is 0 Å². The van der Waals surface area contributed by atoms with Gasteiger partial charge in [0.15, 0.2) is 0 Å². The van der Waals surface area contributed by atoms with Crippen LogP contribution in [0.25, 0.3) is 0 Å². The van der Waals surface area contributed by atoms with Crippen LogP contribution in [0.4, 0.5) is 0 Å². The summed E-state index contributed by atoms with van der Waals surface area (Å²) in [6.07, 6.45) is 1.27. The number of hydrogen-bond donors (Lipinski definition) is 1. The molecule has 0 aliphatic carbocycles. The third kappa shape index (κ3) is 2.22. The number of nitrogens with zero attached hydrogens (tertiary/aromatic N) is 1. The van der Waals surface area contributed by atoms with E-state index in [4.69, 9.17) is 10.2 Å². The second-order valence-electron chi connectivity index (χ2n) is 4.99. The normalized spacial score (nSPS) is 25.7. The van der Waals surface area contributed by atoms with E-state index in [0.717, 1.165) is 17.9 Å². The maximum atomic E-state index is 12.0. The second-order valence-corrected chi connectivity index (χ2v) is 4.99. The van der Waals surface area contributed by atoms with E-state index in [1.807, 2.05) is 37.8 Å². The van der Waals surface area contributed by atoms with Gasteiger partial charge in [0.25, 0.3) is 0 Å². The monoisotopic (exact) mass is 236 g/mol. The Morgan fingerprint density at radius 3 is 2.71 bits per heavy atom. The number of furan rings is 1. The molecule has 1 aliphatic heterocycles. The average molecular weight is 236 g/mol. The van der Waals surface area contributed by atoms with E-state index < -0.39 is 0 Å². The van der Waals surface area contributed by atoms with Crippen LogP contribution in [0.5, 0.6) is 0 Å². The predicted molar refractivity (Wildman–Crippen MR) is 65.4 cm³/mol. The minimum absolute atomic E-state index is 0.0411. The van der Waals surface area contributed by atoms with Gasteiger partial charge in [-0.2, -0.15) is 0 Å². The number of carbonyl (C=O) groups excluding carboxylic acids is 1. The van der Waals surface area contributed by atoms with Gasteiger partial charge in [-0.25, -0.2) is 0 Å². The van der Waals surface area contributed by atoms with Crippen LogP contribution in [-0.4, -0.2) is 22.9 Å². The van der Waals surface area contributed by atoms with E-state index in [0.29, 0.717) is 6.42 Å². The minimum Gasteiger partial charge on any atom is -0.464 e. The van der Waals surface area contributed by atoms with Crippen molar-refractivity contribution in [3.05, 3.63) is 23.7 Å². The highest BCUT2D eigenvalue weighted by Gasteiger charge is 2.37. The minimum atomic E-state index is -0.120. The van der Waals surface area contributed by atoms with Gasteiger partial charge in [-0.3, -0.25) is 4.79 Å². The van der Waals surface area contributed by atoms with Crippen LogP contribution in [0.3, 0.4) is 0 Å². The Morgan fingerprint density at radius 1 is 1.47 bits per heavy atom. The number of piperidine rings is 1. The summed E-state index contributed by atoms with van der Waals surface area (Å²) in [5.74, 6) is 1.83. The number of carbonyl (C=O) groups is 1. The number of hydrogen-bond acceptors (Lipinski definition) is 3. The summed E-state index contributed by atoms with van der Waals surface area (Å²) in [4.78, 5) is 13.9. The zero-order chi connectivity index (χ0) is 12.6. The number of amides is 1. The van der Waals surface area contributed by atoms with Crippen LogP contribution in [-0.2, 0) is 4.79 Å². The second kappa shape index (κ2) is 4.53. The quantitative estimate of drug-likeness (QED) is 0.854. The lowest BCUT2D eigenvalue weighted by molar-refractivity contribution is -0.140. The molecule has 2 heterocycles. The van der Waals surface area contributed by atoms with E-state index in [9.17, 15) is 4.79 Å². The summed E-state index contributed by atoms with van der Waals surface area (Å²) < 4.78 is 5.65. The molecule has 0 radical (unpaired) electrons. The van der Waals surface area contributed by atoms with Crippen LogP contribution >= 0.6 is 0 Å². The molecule has 2 atom stereocenters. The lowest BCUT2D eigenvalue weighted by Crippen LogP contribution is -2.51. The molecule has 1 saturated heterocycles. The molecule has 94 valence electrons. The van der Waals surface area contributed by atoms with Gasteiger partial charge in [0, 0.05) is 18.5 Å². The van der Waals surface area contributed by atoms with Crippen molar-refractivity contribution in [1.29, 1.82) is 0 Å². The van der Waals surface area contributed by atoms with E-state index in [1.54, 1.807) is 0 Å². The lowest BCUT2D eigenvalue weighted by Gasteiger charge is -2.41. The first-order valence-corrected chi connectivity index (χ1v) is 6.13. The fourth-order valence-electron chi connectivity index (χ4n) is 2.51. The summed E-state index contributed by atoms with van der Waals surface area (Å²) in [7, 11) is 0. The van der Waals surface area contributed by atoms with Crippen LogP contribution in [0.2, 0.25) is 0 Å². The maximum absolute atomic E-state index is 12.0. The Morgan fingerprint density at radius 2 is 2.18 bits per heavy atom. The van der Waals surface area contributed by atoms with E-state index in [1.165, 1.54) is 0 Å². The van der Waals surface area contributed by atoms with Crippen LogP contribution in [0, 0.1) is 6.92 Å². The Labute approximate surface area is 102 Å². The molecule has 1 amide bonds. The largest absolute Gasteiger partial charge is 0.464 e. The summed E-state index contributed by atoms with van der Waals surface area (Å²) in [5, 5.41) is 0. The molecule has 1 aromatic heterocycles. The molecule has 1 aliphatic rings. The molecule has 17 heavy (non-hydrogen) atoms. The number of nitrogens with two attached hydrogens (primary N) is 1. The average Bonchev–Trinajstić information content (AvgIpc) is 2.67. The SMILES string of the molecule is Cc1ccc(C2C(N)CCC(=O)N2C(C)C)o1. The van der Waals surface area contributed by atoms with Gasteiger partial charge in [-0.1, -0.05) is 0 Å². The highest BCUT2D eigenvalue weighted by molar-refractivity contribution is 5.78. The molecule has 4 heteroatoms. The Hall–Kier alpha value is -1.29. The Balaban J connectivity index is 2.35. The summed E-state index contributed by atoms with van der Waals surface area (Å²) in [5.41, 5.74) is 6.16. The molecule has 2 rings (SSSR count). The fraction of sp³-hybridized carbons (Fsp3) is 0.615. The van der Waals surface area contributed by atoms with Crippen molar-refractivity contribution < 1.29 is 9.21 Å². The topological polar surface area (TPSA) is 59.5 Å². The van der Waals surface area contributed by atoms with Gasteiger partial charge in [0.2, 0.25) is 5.91 Å². The third-order valence-electron chi connectivity index (χ3n) is 3.29. The first-order valence-electron chi connectivity index (χ1n) is 6.13. The smallest absolute Gasteiger partial charge is 0.223 e. The van der Waals surface area contributed by atoms with Crippen LogP contribution in [0.15, 0.2) is 16.5 Å². The first-order chi connectivity index (χ1) is 8.00. The van der Waals surface area contributed by atoms with Crippen molar-refractivity contribution in [2.75, 3.05) is 0 Å². The highest BCUT2D eigenvalue weighted by Crippen LogP contribution is 2.33. The summed E-state index contributed by atoms with van der Waals surface area (Å²) >= 11 is 0. The van der Waals surface area contributed by atoms with Gasteiger partial charge < -0.3 is 15.1 Å². The molecule has 2 unspecified atom stereocenters. The standard InChI is InChI=1S/C13H20N2O2/c1-8(2)15-12(16)7-5-10(14)13(15)11-6-4-9(3)17-11/h4,6,8,10,13H,5,7,14H2,1-3H3. The molecule has 0 saturated carbocycles. The van der Waals surface area contributed by atoms with E-state index in [-0.39, 0.29) is 24.0 Å². The van der Waals surface area contributed by atoms with E-state index >= 15 is 0 Å². The first kappa shape index (κ1) is 12.2. The molecule has 4 nitrogen and oxygen atoms in total. The Bertz CT molecular complexity index is 411. The van der Waals surface area contributed by atoms with Crippen LogP contribution < -0.4 is 5.73 Å². The van der Waals surface area contributed by atoms with Crippen molar-refractivity contribution in [2.45, 2.75) is 51.7 Å². The van der Waals surface area contributed by atoms with Gasteiger partial charge in [0.1, 0.15) is 17.6 Å². The lowest BCUT2D eigenvalue weighted by atomic mass is 9.93. The van der Waals surface area contributed by atoms with Crippen molar-refractivity contribution in [2.24, 2.45) is 5.73 Å². The molecule has 0 aromatic carbocycles. The maximum Gasteiger partial charge on any atom is 0.223 e. The van der Waals surface area contributed by atoms with Crippen molar-refractivity contribution in [3.8, 4) is 0 Å². The van der Waals surface area contributed by atoms with Crippen molar-refractivity contribution in [1.82, 2.24) is 4.90 Å². The molecule has 2 N–H and O–H groups in total. The number of likely N-dealkylation sites (tertiary alicyclic amines) is 1. The van der Waals surface area contributed by atoms with Crippen molar-refractivity contribution in [3.63, 3.8) is 0 Å². The molecule has 0 spiro atoms. The Kier molecular flexibility index (Phi) is 3.24. The molecule has 1 fully saturated rings. The fourth-order valence-corrected chi connectivity index (χ4v) is 2.51. The zero-order valence-electron chi connectivity index (χ0n) is 10.6. The number of aryl methyl sites for hydroxylation is 1. The summed E-state index contributed by atoms with van der Waals surface area (Å²) in [6, 6.07) is 3.82.